The number of thiazole rings is 1. The average Bonchev–Trinajstić information content (AvgIpc) is 3.29. The number of nitriles is 1. The molecule has 4 aromatic rings. The molecule has 4 rings (SSSR count). The Bertz CT molecular complexity index is 1470. The zero-order valence-corrected chi connectivity index (χ0v) is 19.7. The van der Waals surface area contributed by atoms with Crippen LogP contribution in [0.2, 0.25) is 0 Å². The smallest absolute Gasteiger partial charge is 0.345 e. The highest BCUT2D eigenvalue weighted by Gasteiger charge is 2.14. The topological polar surface area (TPSA) is 105 Å². The van der Waals surface area contributed by atoms with Gasteiger partial charge in [0.1, 0.15) is 22.2 Å². The maximum Gasteiger partial charge on any atom is 0.345 e. The number of rotatable bonds is 6. The van der Waals surface area contributed by atoms with Gasteiger partial charge < -0.3 is 14.5 Å². The van der Waals surface area contributed by atoms with Crippen LogP contribution in [0.5, 0.6) is 0 Å². The third kappa shape index (κ3) is 5.03. The lowest BCUT2D eigenvalue weighted by atomic mass is 10.1. The second-order valence-electron chi connectivity index (χ2n) is 6.78. The molecule has 33 heavy (non-hydrogen) atoms. The monoisotopic (exact) mass is 521 g/mol. The van der Waals surface area contributed by atoms with Crippen molar-refractivity contribution in [2.75, 3.05) is 11.9 Å². The van der Waals surface area contributed by atoms with Gasteiger partial charge in [-0.3, -0.25) is 0 Å². The first-order chi connectivity index (χ1) is 16.0. The minimum Gasteiger partial charge on any atom is -0.462 e. The van der Waals surface area contributed by atoms with E-state index in [1.54, 1.807) is 54.8 Å². The van der Waals surface area contributed by atoms with E-state index in [0.717, 1.165) is 9.86 Å². The Labute approximate surface area is 201 Å². The van der Waals surface area contributed by atoms with Crippen molar-refractivity contribution in [1.29, 1.82) is 5.26 Å². The molecule has 7 nitrogen and oxygen atoms in total. The SMILES string of the molecule is CCOC(=O)c1ccc(NC=C(C#N)c2nc(-c3cc4cc(Br)ccc4oc3=O)cs2)cc1. The van der Waals surface area contributed by atoms with Gasteiger partial charge in [0.15, 0.2) is 0 Å². The number of carbonyl (C=O) groups is 1. The summed E-state index contributed by atoms with van der Waals surface area (Å²) in [4.78, 5) is 28.7. The number of nitrogens with zero attached hydrogens (tertiary/aromatic N) is 2. The van der Waals surface area contributed by atoms with Crippen molar-refractivity contribution in [1.82, 2.24) is 4.98 Å². The summed E-state index contributed by atoms with van der Waals surface area (Å²) >= 11 is 4.66. The van der Waals surface area contributed by atoms with E-state index in [1.807, 2.05) is 6.07 Å². The van der Waals surface area contributed by atoms with Crippen LogP contribution in [0.3, 0.4) is 0 Å². The van der Waals surface area contributed by atoms with Gasteiger partial charge in [-0.1, -0.05) is 15.9 Å². The summed E-state index contributed by atoms with van der Waals surface area (Å²) in [7, 11) is 0. The number of ether oxygens (including phenoxy) is 1. The Morgan fingerprint density at radius 2 is 2.06 bits per heavy atom. The van der Waals surface area contributed by atoms with Crippen molar-refractivity contribution in [3.05, 3.63) is 85.6 Å². The number of anilines is 1. The second kappa shape index (κ2) is 9.81. The van der Waals surface area contributed by atoms with Gasteiger partial charge in [0.2, 0.25) is 0 Å². The number of fused-ring (bicyclic) bond motifs is 1. The molecule has 0 aliphatic rings. The first kappa shape index (κ1) is 22.5. The second-order valence-corrected chi connectivity index (χ2v) is 8.55. The first-order valence-corrected chi connectivity index (χ1v) is 11.5. The quantitative estimate of drug-likeness (QED) is 0.193. The zero-order chi connectivity index (χ0) is 23.4. The Hall–Kier alpha value is -3.74. The molecule has 9 heteroatoms. The molecule has 0 atom stereocenters. The molecule has 0 saturated heterocycles. The number of benzene rings is 2. The molecule has 0 bridgehead atoms. The fraction of sp³-hybridized carbons (Fsp3) is 0.0833. The molecule has 0 unspecified atom stereocenters. The molecule has 0 fully saturated rings. The van der Waals surface area contributed by atoms with Crippen molar-refractivity contribution in [2.45, 2.75) is 6.92 Å². The maximum atomic E-state index is 12.5. The van der Waals surface area contributed by atoms with Crippen LogP contribution in [0, 0.1) is 11.3 Å². The molecule has 2 aromatic carbocycles. The lowest BCUT2D eigenvalue weighted by Crippen LogP contribution is -2.04. The van der Waals surface area contributed by atoms with E-state index < -0.39 is 11.6 Å². The normalized spacial score (nSPS) is 11.2. The van der Waals surface area contributed by atoms with Gasteiger partial charge in [-0.05, 0) is 55.5 Å². The van der Waals surface area contributed by atoms with Crippen molar-refractivity contribution >= 4 is 55.5 Å². The zero-order valence-electron chi connectivity index (χ0n) is 17.3. The molecular formula is C24H16BrN3O4S. The van der Waals surface area contributed by atoms with Gasteiger partial charge in [-0.15, -0.1) is 11.3 Å². The molecule has 0 spiro atoms. The van der Waals surface area contributed by atoms with E-state index in [2.05, 4.69) is 32.3 Å². The summed E-state index contributed by atoms with van der Waals surface area (Å²) in [6.45, 7) is 2.05. The Balaban J connectivity index is 1.57. The van der Waals surface area contributed by atoms with E-state index in [1.165, 1.54) is 17.5 Å². The summed E-state index contributed by atoms with van der Waals surface area (Å²) in [5.41, 5.74) is 2.18. The van der Waals surface area contributed by atoms with Crippen LogP contribution in [0.4, 0.5) is 5.69 Å². The lowest BCUT2D eigenvalue weighted by molar-refractivity contribution is 0.0526. The number of hydrogen-bond donors (Lipinski definition) is 1. The van der Waals surface area contributed by atoms with E-state index in [0.29, 0.717) is 45.3 Å². The predicted octanol–water partition coefficient (Wildman–Crippen LogP) is 5.83. The van der Waals surface area contributed by atoms with Gasteiger partial charge in [0.05, 0.1) is 23.4 Å². The Morgan fingerprint density at radius 1 is 1.27 bits per heavy atom. The van der Waals surface area contributed by atoms with Crippen LogP contribution in [0.25, 0.3) is 27.8 Å². The predicted molar refractivity (Wildman–Crippen MR) is 131 cm³/mol. The largest absolute Gasteiger partial charge is 0.462 e. The minimum absolute atomic E-state index is 0.300. The summed E-state index contributed by atoms with van der Waals surface area (Å²) in [6, 6.07) is 15.9. The maximum absolute atomic E-state index is 12.5. The van der Waals surface area contributed by atoms with E-state index in [-0.39, 0.29) is 0 Å². The van der Waals surface area contributed by atoms with Gasteiger partial charge in [0.25, 0.3) is 0 Å². The van der Waals surface area contributed by atoms with E-state index in [9.17, 15) is 14.9 Å². The van der Waals surface area contributed by atoms with Crippen LogP contribution >= 0.6 is 27.3 Å². The van der Waals surface area contributed by atoms with Crippen molar-refractivity contribution < 1.29 is 13.9 Å². The van der Waals surface area contributed by atoms with Gasteiger partial charge in [-0.2, -0.15) is 5.26 Å². The molecule has 1 N–H and O–H groups in total. The highest BCUT2D eigenvalue weighted by Crippen LogP contribution is 2.27. The summed E-state index contributed by atoms with van der Waals surface area (Å²) < 4.78 is 11.2. The van der Waals surface area contributed by atoms with E-state index >= 15 is 0 Å². The fourth-order valence-electron chi connectivity index (χ4n) is 3.01. The first-order valence-electron chi connectivity index (χ1n) is 9.82. The van der Waals surface area contributed by atoms with Gasteiger partial charge in [0, 0.05) is 27.1 Å². The van der Waals surface area contributed by atoms with Crippen molar-refractivity contribution in [2.24, 2.45) is 0 Å². The van der Waals surface area contributed by atoms with Gasteiger partial charge in [-0.25, -0.2) is 14.6 Å². The highest BCUT2D eigenvalue weighted by atomic mass is 79.9. The molecule has 164 valence electrons. The molecule has 0 amide bonds. The standard InChI is InChI=1S/C24H16BrN3O4S/c1-2-31-23(29)14-3-6-18(7-4-14)27-12-16(11-26)22-28-20(13-33-22)19-10-15-9-17(25)5-8-21(15)32-24(19)30/h3-10,12-13,27H,2H2,1H3. The highest BCUT2D eigenvalue weighted by molar-refractivity contribution is 9.10. The Kier molecular flexibility index (Phi) is 6.68. The summed E-state index contributed by atoms with van der Waals surface area (Å²) in [5, 5.41) is 15.6. The summed E-state index contributed by atoms with van der Waals surface area (Å²) in [5.74, 6) is -0.391. The number of nitrogens with one attached hydrogen (secondary N) is 1. The molecule has 0 radical (unpaired) electrons. The average molecular weight is 522 g/mol. The lowest BCUT2D eigenvalue weighted by Gasteiger charge is -2.04. The molecule has 0 saturated carbocycles. The molecule has 0 aliphatic heterocycles. The number of esters is 1. The molecular weight excluding hydrogens is 506 g/mol. The number of aromatic nitrogens is 1. The fourth-order valence-corrected chi connectivity index (χ4v) is 4.17. The Morgan fingerprint density at radius 3 is 2.79 bits per heavy atom. The molecule has 2 aromatic heterocycles. The number of hydrogen-bond acceptors (Lipinski definition) is 8. The number of halogens is 1. The van der Waals surface area contributed by atoms with Crippen molar-refractivity contribution in [3.8, 4) is 17.3 Å². The number of allylic oxidation sites excluding steroid dienone is 1. The van der Waals surface area contributed by atoms with Crippen LogP contribution < -0.4 is 10.9 Å². The van der Waals surface area contributed by atoms with Gasteiger partial charge >= 0.3 is 11.6 Å². The number of carbonyl (C=O) groups excluding carboxylic acids is 1. The van der Waals surface area contributed by atoms with Crippen LogP contribution in [-0.4, -0.2) is 17.6 Å². The molecule has 2 heterocycles. The van der Waals surface area contributed by atoms with E-state index in [4.69, 9.17) is 9.15 Å². The van der Waals surface area contributed by atoms with Crippen molar-refractivity contribution in [3.63, 3.8) is 0 Å². The van der Waals surface area contributed by atoms with Crippen LogP contribution in [0.15, 0.2) is 73.8 Å². The third-order valence-corrected chi connectivity index (χ3v) is 5.97. The third-order valence-electron chi connectivity index (χ3n) is 4.60. The molecule has 0 aliphatic carbocycles. The van der Waals surface area contributed by atoms with Crippen LogP contribution in [-0.2, 0) is 4.74 Å². The minimum atomic E-state index is -0.496. The van der Waals surface area contributed by atoms with Crippen LogP contribution in [0.1, 0.15) is 22.3 Å². The summed E-state index contributed by atoms with van der Waals surface area (Å²) in [6.07, 6.45) is 1.53.